The van der Waals surface area contributed by atoms with E-state index in [1.54, 1.807) is 18.3 Å². The van der Waals surface area contributed by atoms with Gasteiger partial charge in [0.15, 0.2) is 0 Å². The van der Waals surface area contributed by atoms with E-state index < -0.39 is 0 Å². The number of carbonyl (C=O) groups excluding carboxylic acids is 2. The van der Waals surface area contributed by atoms with Gasteiger partial charge in [-0.25, -0.2) is 0 Å². The average Bonchev–Trinajstić information content (AvgIpc) is 2.84. The molecule has 1 aliphatic heterocycles. The summed E-state index contributed by atoms with van der Waals surface area (Å²) in [6, 6.07) is 8.40. The van der Waals surface area contributed by atoms with Crippen LogP contribution in [0.1, 0.15) is 47.8 Å². The van der Waals surface area contributed by atoms with Crippen molar-refractivity contribution in [2.45, 2.75) is 45.1 Å². The number of fused-ring (bicyclic) bond motifs is 1. The topological polar surface area (TPSA) is 52.7 Å². The molecular weight excluding hydrogens is 370 g/mol. The SMILES string of the molecule is CC(=O)N1CCCCC[C@@H]1Cc1c(C(=O)NCCN(C)C)sc2ccccc12. The standard InChI is InChI=1S/C22H31N3O2S/c1-16(26)25-13-8-4-5-9-17(25)15-19-18-10-6-7-11-20(18)28-21(19)22(27)23-12-14-24(2)3/h6-7,10-11,17H,4-5,8-9,12-15H2,1-3H3,(H,23,27)/t17-/m1/s1. The van der Waals surface area contributed by atoms with E-state index >= 15 is 0 Å². The first-order valence-electron chi connectivity index (χ1n) is 10.2. The van der Waals surface area contributed by atoms with Gasteiger partial charge < -0.3 is 15.1 Å². The van der Waals surface area contributed by atoms with Crippen LogP contribution < -0.4 is 5.32 Å². The van der Waals surface area contributed by atoms with Gasteiger partial charge in [-0.1, -0.05) is 31.0 Å². The Bertz CT molecular complexity index is 830. The maximum atomic E-state index is 12.9. The van der Waals surface area contributed by atoms with Gasteiger partial charge in [0.25, 0.3) is 5.91 Å². The Balaban J connectivity index is 1.89. The molecule has 28 heavy (non-hydrogen) atoms. The number of likely N-dealkylation sites (N-methyl/N-ethyl adjacent to an activating group) is 1. The second kappa shape index (κ2) is 9.52. The van der Waals surface area contributed by atoms with Crippen molar-refractivity contribution in [3.8, 4) is 0 Å². The third-order valence-electron chi connectivity index (χ3n) is 5.47. The van der Waals surface area contributed by atoms with E-state index in [4.69, 9.17) is 0 Å². The maximum absolute atomic E-state index is 12.9. The van der Waals surface area contributed by atoms with E-state index in [1.807, 2.05) is 31.1 Å². The van der Waals surface area contributed by atoms with Crippen molar-refractivity contribution in [2.75, 3.05) is 33.7 Å². The Morgan fingerprint density at radius 1 is 1.21 bits per heavy atom. The minimum atomic E-state index is 0.000969. The van der Waals surface area contributed by atoms with Gasteiger partial charge in [0, 0.05) is 37.3 Å². The monoisotopic (exact) mass is 401 g/mol. The number of nitrogens with zero attached hydrogens (tertiary/aromatic N) is 2. The van der Waals surface area contributed by atoms with E-state index in [1.165, 1.54) is 6.42 Å². The number of carbonyl (C=O) groups is 2. The van der Waals surface area contributed by atoms with E-state index in [0.29, 0.717) is 6.54 Å². The summed E-state index contributed by atoms with van der Waals surface area (Å²) in [4.78, 5) is 30.0. The summed E-state index contributed by atoms with van der Waals surface area (Å²) in [7, 11) is 4.00. The number of hydrogen-bond donors (Lipinski definition) is 1. The number of amides is 2. The Morgan fingerprint density at radius 3 is 2.75 bits per heavy atom. The highest BCUT2D eigenvalue weighted by atomic mass is 32.1. The minimum Gasteiger partial charge on any atom is -0.350 e. The second-order valence-electron chi connectivity index (χ2n) is 7.88. The molecule has 1 fully saturated rings. The predicted octanol–water partition coefficient (Wildman–Crippen LogP) is 3.53. The molecule has 0 saturated carbocycles. The first-order valence-corrected chi connectivity index (χ1v) is 11.0. The number of likely N-dealkylation sites (tertiary alicyclic amines) is 1. The predicted molar refractivity (Wildman–Crippen MR) is 116 cm³/mol. The van der Waals surface area contributed by atoms with Gasteiger partial charge in [0.05, 0.1) is 4.88 Å². The summed E-state index contributed by atoms with van der Waals surface area (Å²) in [5, 5.41) is 4.22. The lowest BCUT2D eigenvalue weighted by molar-refractivity contribution is -0.131. The summed E-state index contributed by atoms with van der Waals surface area (Å²) in [5.41, 5.74) is 1.10. The van der Waals surface area contributed by atoms with Crippen LogP contribution in [0, 0.1) is 0 Å². The van der Waals surface area contributed by atoms with E-state index in [-0.39, 0.29) is 17.9 Å². The van der Waals surface area contributed by atoms with Gasteiger partial charge in [-0.2, -0.15) is 0 Å². The fourth-order valence-electron chi connectivity index (χ4n) is 4.00. The van der Waals surface area contributed by atoms with Crippen LogP contribution in [0.25, 0.3) is 10.1 Å². The molecule has 1 aromatic heterocycles. The summed E-state index contributed by atoms with van der Waals surface area (Å²) in [6.45, 7) is 3.93. The van der Waals surface area contributed by atoms with Crippen LogP contribution in [-0.2, 0) is 11.2 Å². The number of nitrogens with one attached hydrogen (secondary N) is 1. The summed E-state index contributed by atoms with van der Waals surface area (Å²) < 4.78 is 1.14. The lowest BCUT2D eigenvalue weighted by Crippen LogP contribution is -2.40. The van der Waals surface area contributed by atoms with Crippen LogP contribution in [0.2, 0.25) is 0 Å². The molecule has 0 unspecified atom stereocenters. The molecule has 0 bridgehead atoms. The molecule has 1 aromatic carbocycles. The van der Waals surface area contributed by atoms with Gasteiger partial charge in [-0.15, -0.1) is 11.3 Å². The van der Waals surface area contributed by atoms with Crippen LogP contribution in [0.4, 0.5) is 0 Å². The first-order chi connectivity index (χ1) is 13.5. The number of hydrogen-bond acceptors (Lipinski definition) is 4. The average molecular weight is 402 g/mol. The summed E-state index contributed by atoms with van der Waals surface area (Å²) in [6.07, 6.45) is 5.13. The molecule has 1 saturated heterocycles. The Kier molecular flexibility index (Phi) is 7.08. The Morgan fingerprint density at radius 2 is 2.00 bits per heavy atom. The van der Waals surface area contributed by atoms with E-state index in [2.05, 4.69) is 22.3 Å². The summed E-state index contributed by atoms with van der Waals surface area (Å²) in [5.74, 6) is 0.143. The van der Waals surface area contributed by atoms with Gasteiger partial charge >= 0.3 is 0 Å². The third-order valence-corrected chi connectivity index (χ3v) is 6.68. The van der Waals surface area contributed by atoms with Crippen LogP contribution in [0.3, 0.4) is 0 Å². The normalized spacial score (nSPS) is 17.7. The quantitative estimate of drug-likeness (QED) is 0.806. The second-order valence-corrected chi connectivity index (χ2v) is 8.94. The van der Waals surface area contributed by atoms with Gasteiger partial charge in [0.2, 0.25) is 5.91 Å². The zero-order valence-corrected chi connectivity index (χ0v) is 18.0. The fraction of sp³-hybridized carbons (Fsp3) is 0.545. The number of rotatable bonds is 6. The third kappa shape index (κ3) is 4.92. The van der Waals surface area contributed by atoms with Crippen LogP contribution >= 0.6 is 11.3 Å². The highest BCUT2D eigenvalue weighted by molar-refractivity contribution is 7.21. The zero-order chi connectivity index (χ0) is 20.1. The number of thiophene rings is 1. The van der Waals surface area contributed by atoms with Gasteiger partial charge in [-0.05, 0) is 50.4 Å². The fourth-order valence-corrected chi connectivity index (χ4v) is 5.15. The molecule has 2 aromatic rings. The molecule has 0 aliphatic carbocycles. The highest BCUT2D eigenvalue weighted by Gasteiger charge is 2.27. The molecule has 2 amide bonds. The molecule has 152 valence electrons. The van der Waals surface area contributed by atoms with E-state index in [9.17, 15) is 9.59 Å². The van der Waals surface area contributed by atoms with Crippen molar-refractivity contribution in [1.82, 2.24) is 15.1 Å². The van der Waals surface area contributed by atoms with Crippen molar-refractivity contribution >= 4 is 33.2 Å². The van der Waals surface area contributed by atoms with Crippen molar-refractivity contribution in [1.29, 1.82) is 0 Å². The Hall–Kier alpha value is -1.92. The van der Waals surface area contributed by atoms with Crippen molar-refractivity contribution in [3.05, 3.63) is 34.7 Å². The van der Waals surface area contributed by atoms with Crippen LogP contribution in [0.5, 0.6) is 0 Å². The lowest BCUT2D eigenvalue weighted by atomic mass is 9.98. The molecule has 1 aliphatic rings. The molecule has 5 nitrogen and oxygen atoms in total. The highest BCUT2D eigenvalue weighted by Crippen LogP contribution is 2.34. The minimum absolute atomic E-state index is 0.000969. The zero-order valence-electron chi connectivity index (χ0n) is 17.2. The van der Waals surface area contributed by atoms with Crippen LogP contribution in [-0.4, -0.2) is 61.4 Å². The first kappa shape index (κ1) is 20.8. The smallest absolute Gasteiger partial charge is 0.261 e. The Labute approximate surface area is 171 Å². The molecule has 0 spiro atoms. The van der Waals surface area contributed by atoms with E-state index in [0.717, 1.165) is 59.3 Å². The van der Waals surface area contributed by atoms with Crippen molar-refractivity contribution < 1.29 is 9.59 Å². The van der Waals surface area contributed by atoms with Crippen LogP contribution in [0.15, 0.2) is 24.3 Å². The van der Waals surface area contributed by atoms with Crippen molar-refractivity contribution in [3.63, 3.8) is 0 Å². The molecule has 2 heterocycles. The molecular formula is C22H31N3O2S. The van der Waals surface area contributed by atoms with Crippen molar-refractivity contribution in [2.24, 2.45) is 0 Å². The number of benzene rings is 1. The molecule has 6 heteroatoms. The van der Waals surface area contributed by atoms with Gasteiger partial charge in [0.1, 0.15) is 0 Å². The lowest BCUT2D eigenvalue weighted by Gasteiger charge is -2.29. The summed E-state index contributed by atoms with van der Waals surface area (Å²) >= 11 is 1.57. The molecule has 1 atom stereocenters. The molecule has 1 N–H and O–H groups in total. The van der Waals surface area contributed by atoms with Gasteiger partial charge in [-0.3, -0.25) is 9.59 Å². The molecule has 3 rings (SSSR count). The maximum Gasteiger partial charge on any atom is 0.261 e. The largest absolute Gasteiger partial charge is 0.350 e. The molecule has 0 radical (unpaired) electrons.